The summed E-state index contributed by atoms with van der Waals surface area (Å²) in [6.45, 7) is 4.39. The first-order chi connectivity index (χ1) is 7.35. The van der Waals surface area contributed by atoms with Crippen LogP contribution in [0.1, 0.15) is 19.3 Å². The van der Waals surface area contributed by atoms with E-state index in [9.17, 15) is 0 Å². The third-order valence-electron chi connectivity index (χ3n) is 2.24. The molecule has 0 aromatic heterocycles. The summed E-state index contributed by atoms with van der Waals surface area (Å²) in [6.07, 6.45) is 2.75. The predicted molar refractivity (Wildman–Crippen MR) is 63.7 cm³/mol. The number of aliphatic hydroxyl groups is 1. The van der Waals surface area contributed by atoms with Gasteiger partial charge in [-0.3, -0.25) is 0 Å². The molecule has 1 unspecified atom stereocenters. The molecule has 0 saturated carbocycles. The summed E-state index contributed by atoms with van der Waals surface area (Å²) in [7, 11) is 0. The van der Waals surface area contributed by atoms with E-state index in [0.717, 1.165) is 45.4 Å². The van der Waals surface area contributed by atoms with Crippen molar-refractivity contribution < 1.29 is 5.11 Å². The van der Waals surface area contributed by atoms with Gasteiger partial charge in [0.15, 0.2) is 0 Å². The molecule has 5 heteroatoms. The van der Waals surface area contributed by atoms with E-state index in [4.69, 9.17) is 16.6 Å². The number of hydrogen-bond acceptors (Lipinski definition) is 5. The Morgan fingerprint density at radius 1 is 1.07 bits per heavy atom. The van der Waals surface area contributed by atoms with Gasteiger partial charge in [-0.05, 0) is 45.4 Å². The monoisotopic (exact) mass is 218 g/mol. The fourth-order valence-electron chi connectivity index (χ4n) is 1.34. The van der Waals surface area contributed by atoms with Gasteiger partial charge < -0.3 is 27.2 Å². The van der Waals surface area contributed by atoms with Crippen LogP contribution in [0, 0.1) is 0 Å². The molecule has 7 N–H and O–H groups in total. The first kappa shape index (κ1) is 14.8. The van der Waals surface area contributed by atoms with Crippen molar-refractivity contribution >= 4 is 0 Å². The van der Waals surface area contributed by atoms with Crippen molar-refractivity contribution in [1.82, 2.24) is 10.6 Å². The summed E-state index contributed by atoms with van der Waals surface area (Å²) in [5.74, 6) is 0. The highest BCUT2D eigenvalue weighted by atomic mass is 16.3. The average molecular weight is 218 g/mol. The Bertz CT molecular complexity index is 124. The summed E-state index contributed by atoms with van der Waals surface area (Å²) in [5, 5.41) is 15.6. The highest BCUT2D eigenvalue weighted by Crippen LogP contribution is 1.90. The van der Waals surface area contributed by atoms with Gasteiger partial charge in [0, 0.05) is 19.2 Å². The Hall–Kier alpha value is -0.200. The van der Waals surface area contributed by atoms with E-state index in [1.54, 1.807) is 0 Å². The van der Waals surface area contributed by atoms with Crippen LogP contribution in [0.3, 0.4) is 0 Å². The maximum atomic E-state index is 8.88. The van der Waals surface area contributed by atoms with Crippen molar-refractivity contribution in [2.24, 2.45) is 11.5 Å². The molecule has 0 spiro atoms. The highest BCUT2D eigenvalue weighted by Gasteiger charge is 2.05. The summed E-state index contributed by atoms with van der Waals surface area (Å²) < 4.78 is 0. The minimum absolute atomic E-state index is 0.221. The van der Waals surface area contributed by atoms with Gasteiger partial charge in [-0.1, -0.05) is 0 Å². The molecule has 15 heavy (non-hydrogen) atoms. The zero-order chi connectivity index (χ0) is 11.4. The van der Waals surface area contributed by atoms with E-state index in [1.807, 2.05) is 0 Å². The van der Waals surface area contributed by atoms with Crippen molar-refractivity contribution in [2.45, 2.75) is 25.3 Å². The number of aliphatic hydroxyl groups excluding tert-OH is 1. The molecule has 0 aliphatic heterocycles. The minimum Gasteiger partial charge on any atom is -0.396 e. The molecule has 0 bridgehead atoms. The topological polar surface area (TPSA) is 96.3 Å². The van der Waals surface area contributed by atoms with Gasteiger partial charge in [0.05, 0.1) is 0 Å². The van der Waals surface area contributed by atoms with Crippen LogP contribution in [0.15, 0.2) is 0 Å². The lowest BCUT2D eigenvalue weighted by molar-refractivity contribution is 0.262. The lowest BCUT2D eigenvalue weighted by Gasteiger charge is -2.18. The van der Waals surface area contributed by atoms with Crippen LogP contribution in [0.2, 0.25) is 0 Å². The summed E-state index contributed by atoms with van der Waals surface area (Å²) in [6, 6.07) is 0.333. The normalized spacial score (nSPS) is 13.0. The Labute approximate surface area is 92.6 Å². The number of nitrogens with one attached hydrogen (secondary N) is 2. The van der Waals surface area contributed by atoms with Crippen molar-refractivity contribution in [2.75, 3.05) is 39.3 Å². The Morgan fingerprint density at radius 2 is 1.73 bits per heavy atom. The first-order valence-corrected chi connectivity index (χ1v) is 5.80. The summed E-state index contributed by atoms with van der Waals surface area (Å²) in [4.78, 5) is 0. The molecule has 0 aromatic rings. The van der Waals surface area contributed by atoms with E-state index in [2.05, 4.69) is 10.6 Å². The van der Waals surface area contributed by atoms with E-state index >= 15 is 0 Å². The van der Waals surface area contributed by atoms with E-state index in [1.165, 1.54) is 0 Å². The van der Waals surface area contributed by atoms with Crippen molar-refractivity contribution in [3.05, 3.63) is 0 Å². The Balaban J connectivity index is 3.44. The lowest BCUT2D eigenvalue weighted by Crippen LogP contribution is -2.40. The largest absolute Gasteiger partial charge is 0.396 e. The fraction of sp³-hybridized carbons (Fsp3) is 1.00. The molecule has 0 aliphatic carbocycles. The molecule has 0 saturated heterocycles. The zero-order valence-corrected chi connectivity index (χ0v) is 9.54. The molecule has 0 heterocycles. The molecule has 0 amide bonds. The van der Waals surface area contributed by atoms with Crippen molar-refractivity contribution in [3.8, 4) is 0 Å². The molecule has 0 rings (SSSR count). The van der Waals surface area contributed by atoms with Crippen LogP contribution in [0.5, 0.6) is 0 Å². The number of nitrogens with two attached hydrogens (primary N) is 2. The summed E-state index contributed by atoms with van der Waals surface area (Å²) in [5.41, 5.74) is 10.8. The van der Waals surface area contributed by atoms with Crippen LogP contribution in [0.4, 0.5) is 0 Å². The summed E-state index contributed by atoms with van der Waals surface area (Å²) >= 11 is 0. The Morgan fingerprint density at radius 3 is 2.33 bits per heavy atom. The smallest absolute Gasteiger partial charge is 0.0446 e. The minimum atomic E-state index is 0.221. The molecule has 5 nitrogen and oxygen atoms in total. The number of hydrogen-bond donors (Lipinski definition) is 5. The molecule has 0 aromatic carbocycles. The van der Waals surface area contributed by atoms with E-state index in [0.29, 0.717) is 12.6 Å². The van der Waals surface area contributed by atoms with Gasteiger partial charge in [-0.2, -0.15) is 0 Å². The first-order valence-electron chi connectivity index (χ1n) is 5.80. The van der Waals surface area contributed by atoms with E-state index in [-0.39, 0.29) is 6.61 Å². The molecule has 1 atom stereocenters. The zero-order valence-electron chi connectivity index (χ0n) is 9.54. The Kier molecular flexibility index (Phi) is 11.7. The maximum absolute atomic E-state index is 8.88. The molecular formula is C10H26N4O. The van der Waals surface area contributed by atoms with Crippen LogP contribution in [-0.4, -0.2) is 50.5 Å². The quantitative estimate of drug-likeness (QED) is 0.275. The van der Waals surface area contributed by atoms with Crippen molar-refractivity contribution in [1.29, 1.82) is 0 Å². The predicted octanol–water partition coefficient (Wildman–Crippen LogP) is -1.39. The SMILES string of the molecule is NCCCNCC(CCO)NCCCN. The molecular weight excluding hydrogens is 192 g/mol. The standard InChI is InChI=1S/C10H26N4O/c11-4-1-6-13-9-10(3-8-15)14-7-2-5-12/h10,13-15H,1-9,11-12H2. The van der Waals surface area contributed by atoms with Gasteiger partial charge in [-0.25, -0.2) is 0 Å². The molecule has 92 valence electrons. The van der Waals surface area contributed by atoms with Crippen LogP contribution in [-0.2, 0) is 0 Å². The second kappa shape index (κ2) is 11.9. The second-order valence-electron chi connectivity index (χ2n) is 3.65. The van der Waals surface area contributed by atoms with Gasteiger partial charge in [0.1, 0.15) is 0 Å². The average Bonchev–Trinajstić information content (AvgIpc) is 2.24. The van der Waals surface area contributed by atoms with Crippen molar-refractivity contribution in [3.63, 3.8) is 0 Å². The van der Waals surface area contributed by atoms with Crippen LogP contribution in [0.25, 0.3) is 0 Å². The molecule has 0 radical (unpaired) electrons. The van der Waals surface area contributed by atoms with Gasteiger partial charge in [-0.15, -0.1) is 0 Å². The third kappa shape index (κ3) is 10.1. The number of rotatable bonds is 11. The highest BCUT2D eigenvalue weighted by molar-refractivity contribution is 4.69. The third-order valence-corrected chi connectivity index (χ3v) is 2.24. The van der Waals surface area contributed by atoms with Crippen LogP contribution >= 0.6 is 0 Å². The van der Waals surface area contributed by atoms with Crippen LogP contribution < -0.4 is 22.1 Å². The lowest BCUT2D eigenvalue weighted by atomic mass is 10.2. The van der Waals surface area contributed by atoms with E-state index < -0.39 is 0 Å². The van der Waals surface area contributed by atoms with Gasteiger partial charge >= 0.3 is 0 Å². The van der Waals surface area contributed by atoms with Gasteiger partial charge in [0.25, 0.3) is 0 Å². The second-order valence-corrected chi connectivity index (χ2v) is 3.65. The molecule has 0 fully saturated rings. The van der Waals surface area contributed by atoms with Gasteiger partial charge in [0.2, 0.25) is 0 Å². The maximum Gasteiger partial charge on any atom is 0.0446 e. The fourth-order valence-corrected chi connectivity index (χ4v) is 1.34. The molecule has 0 aliphatic rings.